The summed E-state index contributed by atoms with van der Waals surface area (Å²) in [6, 6.07) is 11.0. The van der Waals surface area contributed by atoms with E-state index in [9.17, 15) is 8.42 Å². The number of nitrogens with zero attached hydrogens (tertiary/aromatic N) is 1. The zero-order chi connectivity index (χ0) is 20.0. The largest absolute Gasteiger partial charge is 0.494 e. The molecule has 8 heteroatoms. The minimum Gasteiger partial charge on any atom is -0.494 e. The summed E-state index contributed by atoms with van der Waals surface area (Å²) in [6.45, 7) is 3.07. The average Bonchev–Trinajstić information content (AvgIpc) is 2.61. The number of rotatable bonds is 9. The van der Waals surface area contributed by atoms with Crippen LogP contribution in [-0.2, 0) is 10.0 Å². The molecule has 27 heavy (non-hydrogen) atoms. The van der Waals surface area contributed by atoms with Gasteiger partial charge in [0.2, 0.25) is 10.0 Å². The maximum Gasteiger partial charge on any atom is 0.241 e. The maximum atomic E-state index is 12.8. The highest BCUT2D eigenvalue weighted by Gasteiger charge is 2.22. The Hall–Kier alpha value is -1.31. The topological polar surface area (TPSA) is 58.6 Å². The van der Waals surface area contributed by atoms with Crippen molar-refractivity contribution in [2.75, 3.05) is 27.2 Å². The Kier molecular flexibility index (Phi) is 7.94. The van der Waals surface area contributed by atoms with Gasteiger partial charge in [0.1, 0.15) is 5.75 Å². The van der Waals surface area contributed by atoms with Gasteiger partial charge in [-0.3, -0.25) is 0 Å². The molecule has 0 aliphatic carbocycles. The van der Waals surface area contributed by atoms with Crippen molar-refractivity contribution >= 4 is 33.2 Å². The number of likely N-dealkylation sites (N-methyl/N-ethyl adjacent to an activating group) is 1. The lowest BCUT2D eigenvalue weighted by Gasteiger charge is -2.23. The number of benzene rings is 2. The van der Waals surface area contributed by atoms with Gasteiger partial charge >= 0.3 is 0 Å². The summed E-state index contributed by atoms with van der Waals surface area (Å²) < 4.78 is 33.9. The molecule has 2 rings (SSSR count). The lowest BCUT2D eigenvalue weighted by Crippen LogP contribution is -2.35. The number of halogens is 2. The van der Waals surface area contributed by atoms with Crippen molar-refractivity contribution in [1.82, 2.24) is 9.62 Å². The van der Waals surface area contributed by atoms with E-state index in [1.807, 2.05) is 25.9 Å². The standard InChI is InChI=1S/C19H24Cl2N2O3S/c1-4-11-26-15-6-8-16(9-7-15)27(24,25)22-19(13-23(2)3)14-5-10-17(20)18(21)12-14/h5-10,12,19,22H,4,11,13H2,1-3H3. The van der Waals surface area contributed by atoms with E-state index in [2.05, 4.69) is 4.72 Å². The Morgan fingerprint density at radius 2 is 1.74 bits per heavy atom. The van der Waals surface area contributed by atoms with Crippen LogP contribution >= 0.6 is 23.2 Å². The third kappa shape index (κ3) is 6.36. The number of hydrogen-bond acceptors (Lipinski definition) is 4. The summed E-state index contributed by atoms with van der Waals surface area (Å²) in [4.78, 5) is 2.08. The van der Waals surface area contributed by atoms with E-state index in [0.717, 1.165) is 12.0 Å². The van der Waals surface area contributed by atoms with Crippen LogP contribution in [0.4, 0.5) is 0 Å². The molecule has 0 bridgehead atoms. The summed E-state index contributed by atoms with van der Waals surface area (Å²) >= 11 is 12.1. The van der Waals surface area contributed by atoms with E-state index in [0.29, 0.717) is 28.9 Å². The molecule has 0 saturated heterocycles. The molecule has 0 amide bonds. The van der Waals surface area contributed by atoms with Crippen LogP contribution < -0.4 is 9.46 Å². The molecule has 0 radical (unpaired) electrons. The summed E-state index contributed by atoms with van der Waals surface area (Å²) in [6.07, 6.45) is 0.886. The van der Waals surface area contributed by atoms with Gasteiger partial charge in [0.05, 0.1) is 27.6 Å². The SMILES string of the molecule is CCCOc1ccc(S(=O)(=O)NC(CN(C)C)c2ccc(Cl)c(Cl)c2)cc1. The molecule has 0 heterocycles. The van der Waals surface area contributed by atoms with Crippen LogP contribution in [0.5, 0.6) is 5.75 Å². The summed E-state index contributed by atoms with van der Waals surface area (Å²) in [5.74, 6) is 0.644. The van der Waals surface area contributed by atoms with Gasteiger partial charge in [0.25, 0.3) is 0 Å². The molecule has 0 spiro atoms. The van der Waals surface area contributed by atoms with Crippen LogP contribution in [0, 0.1) is 0 Å². The molecule has 0 aliphatic rings. The van der Waals surface area contributed by atoms with Crippen LogP contribution in [0.25, 0.3) is 0 Å². The van der Waals surface area contributed by atoms with Gasteiger partial charge in [-0.05, 0) is 62.5 Å². The first-order valence-corrected chi connectivity index (χ1v) is 10.8. The molecule has 0 aromatic heterocycles. The molecule has 148 valence electrons. The predicted octanol–water partition coefficient (Wildman–Crippen LogP) is 4.36. The molecule has 1 N–H and O–H groups in total. The highest BCUT2D eigenvalue weighted by molar-refractivity contribution is 7.89. The van der Waals surface area contributed by atoms with E-state index < -0.39 is 16.1 Å². The van der Waals surface area contributed by atoms with Crippen molar-refractivity contribution in [3.8, 4) is 5.75 Å². The normalized spacial score (nSPS) is 13.0. The highest BCUT2D eigenvalue weighted by atomic mass is 35.5. The van der Waals surface area contributed by atoms with Gasteiger partial charge in [0.15, 0.2) is 0 Å². The van der Waals surface area contributed by atoms with Crippen molar-refractivity contribution < 1.29 is 13.2 Å². The van der Waals surface area contributed by atoms with Gasteiger partial charge in [0, 0.05) is 6.54 Å². The molecule has 0 saturated carbocycles. The maximum absolute atomic E-state index is 12.8. The van der Waals surface area contributed by atoms with E-state index in [4.69, 9.17) is 27.9 Å². The fourth-order valence-corrected chi connectivity index (χ4v) is 4.02. The van der Waals surface area contributed by atoms with Crippen molar-refractivity contribution in [3.05, 3.63) is 58.1 Å². The van der Waals surface area contributed by atoms with Gasteiger partial charge in [-0.25, -0.2) is 13.1 Å². The molecule has 1 atom stereocenters. The van der Waals surface area contributed by atoms with Gasteiger partial charge in [-0.2, -0.15) is 0 Å². The Labute approximate surface area is 171 Å². The Morgan fingerprint density at radius 3 is 2.30 bits per heavy atom. The molecule has 0 aliphatic heterocycles. The molecule has 2 aromatic carbocycles. The van der Waals surface area contributed by atoms with Crippen LogP contribution in [0.1, 0.15) is 24.9 Å². The third-order valence-corrected chi connectivity index (χ3v) is 6.02. The average molecular weight is 431 g/mol. The van der Waals surface area contributed by atoms with Gasteiger partial charge in [-0.15, -0.1) is 0 Å². The molecule has 2 aromatic rings. The molecule has 0 fully saturated rings. The zero-order valence-corrected chi connectivity index (χ0v) is 17.9. The lowest BCUT2D eigenvalue weighted by atomic mass is 10.1. The van der Waals surface area contributed by atoms with Gasteiger partial charge in [-0.1, -0.05) is 36.2 Å². The van der Waals surface area contributed by atoms with Crippen LogP contribution in [0.2, 0.25) is 10.0 Å². The van der Waals surface area contributed by atoms with E-state index in [1.165, 1.54) is 12.1 Å². The zero-order valence-electron chi connectivity index (χ0n) is 15.6. The van der Waals surface area contributed by atoms with Crippen molar-refractivity contribution in [3.63, 3.8) is 0 Å². The quantitative estimate of drug-likeness (QED) is 0.641. The summed E-state index contributed by atoms with van der Waals surface area (Å²) in [5.41, 5.74) is 0.740. The summed E-state index contributed by atoms with van der Waals surface area (Å²) in [7, 11) is 0.0256. The first kappa shape index (κ1) is 22.0. The van der Waals surface area contributed by atoms with Crippen LogP contribution in [0.3, 0.4) is 0 Å². The molecule has 5 nitrogen and oxygen atoms in total. The number of hydrogen-bond donors (Lipinski definition) is 1. The second kappa shape index (κ2) is 9.75. The second-order valence-electron chi connectivity index (χ2n) is 6.43. The predicted molar refractivity (Wildman–Crippen MR) is 110 cm³/mol. The minimum absolute atomic E-state index is 0.176. The van der Waals surface area contributed by atoms with Crippen molar-refractivity contribution in [1.29, 1.82) is 0 Å². The fraction of sp³-hybridized carbons (Fsp3) is 0.368. The summed E-state index contributed by atoms with van der Waals surface area (Å²) in [5, 5.41) is 0.809. The Bertz CT molecular complexity index is 856. The van der Waals surface area contributed by atoms with E-state index >= 15 is 0 Å². The Morgan fingerprint density at radius 1 is 1.07 bits per heavy atom. The second-order valence-corrected chi connectivity index (χ2v) is 8.96. The van der Waals surface area contributed by atoms with Crippen LogP contribution in [-0.4, -0.2) is 40.6 Å². The smallest absolute Gasteiger partial charge is 0.241 e. The van der Waals surface area contributed by atoms with Crippen molar-refractivity contribution in [2.24, 2.45) is 0 Å². The molecular formula is C19H24Cl2N2O3S. The number of nitrogens with one attached hydrogen (secondary N) is 1. The van der Waals surface area contributed by atoms with Gasteiger partial charge < -0.3 is 9.64 Å². The fourth-order valence-electron chi connectivity index (χ4n) is 2.50. The van der Waals surface area contributed by atoms with E-state index in [1.54, 1.807) is 30.3 Å². The first-order valence-electron chi connectivity index (χ1n) is 8.58. The lowest BCUT2D eigenvalue weighted by molar-refractivity contribution is 0.317. The molecule has 1 unspecified atom stereocenters. The monoisotopic (exact) mass is 430 g/mol. The number of sulfonamides is 1. The third-order valence-electron chi connectivity index (χ3n) is 3.80. The minimum atomic E-state index is -3.72. The Balaban J connectivity index is 2.25. The highest BCUT2D eigenvalue weighted by Crippen LogP contribution is 2.27. The first-order chi connectivity index (χ1) is 12.7. The van der Waals surface area contributed by atoms with Crippen molar-refractivity contribution in [2.45, 2.75) is 24.3 Å². The van der Waals surface area contributed by atoms with Crippen LogP contribution in [0.15, 0.2) is 47.4 Å². The van der Waals surface area contributed by atoms with E-state index in [-0.39, 0.29) is 4.90 Å². The number of ether oxygens (including phenoxy) is 1. The molecular weight excluding hydrogens is 407 g/mol.